The van der Waals surface area contributed by atoms with Crippen molar-refractivity contribution in [3.8, 4) is 0 Å². The Bertz CT molecular complexity index is 555. The third-order valence-corrected chi connectivity index (χ3v) is 3.62. The molecule has 100 valence electrons. The van der Waals surface area contributed by atoms with E-state index in [1.54, 1.807) is 6.07 Å². The molecule has 2 nitrogen and oxygen atoms in total. The zero-order valence-electron chi connectivity index (χ0n) is 10.7. The summed E-state index contributed by atoms with van der Waals surface area (Å²) in [5, 5.41) is 3.31. The minimum Gasteiger partial charge on any atom is -0.377 e. The van der Waals surface area contributed by atoms with Crippen molar-refractivity contribution in [3.63, 3.8) is 0 Å². The van der Waals surface area contributed by atoms with Gasteiger partial charge in [-0.2, -0.15) is 0 Å². The van der Waals surface area contributed by atoms with E-state index in [-0.39, 0.29) is 11.9 Å². The molecular formula is C15H16BrFN2. The molecule has 0 aliphatic heterocycles. The summed E-state index contributed by atoms with van der Waals surface area (Å²) in [6.45, 7) is 2.43. The Labute approximate surface area is 121 Å². The van der Waals surface area contributed by atoms with Gasteiger partial charge in [-0.3, -0.25) is 0 Å². The van der Waals surface area contributed by atoms with Gasteiger partial charge in [-0.25, -0.2) is 4.39 Å². The zero-order valence-corrected chi connectivity index (χ0v) is 12.2. The van der Waals surface area contributed by atoms with E-state index in [9.17, 15) is 4.39 Å². The van der Waals surface area contributed by atoms with Crippen LogP contribution in [0.1, 0.15) is 17.2 Å². The van der Waals surface area contributed by atoms with Crippen molar-refractivity contribution in [1.82, 2.24) is 0 Å². The van der Waals surface area contributed by atoms with Gasteiger partial charge in [0.05, 0.1) is 10.5 Å². The van der Waals surface area contributed by atoms with Crippen LogP contribution in [0.3, 0.4) is 0 Å². The van der Waals surface area contributed by atoms with E-state index in [4.69, 9.17) is 5.73 Å². The molecule has 0 aliphatic carbocycles. The van der Waals surface area contributed by atoms with Gasteiger partial charge in [0.25, 0.3) is 0 Å². The van der Waals surface area contributed by atoms with Gasteiger partial charge in [-0.1, -0.05) is 23.8 Å². The van der Waals surface area contributed by atoms with Crippen LogP contribution in [0.25, 0.3) is 0 Å². The SMILES string of the molecule is Cc1ccc(NC(CN)c2ccc(Br)c(F)c2)cc1. The highest BCUT2D eigenvalue weighted by Crippen LogP contribution is 2.23. The molecule has 0 radical (unpaired) electrons. The molecular weight excluding hydrogens is 307 g/mol. The second-order valence-corrected chi connectivity index (χ2v) is 5.33. The number of nitrogens with one attached hydrogen (secondary N) is 1. The molecule has 1 atom stereocenters. The van der Waals surface area contributed by atoms with Crippen molar-refractivity contribution in [2.45, 2.75) is 13.0 Å². The first kappa shape index (κ1) is 14.0. The standard InChI is InChI=1S/C15H16BrFN2/c1-10-2-5-12(6-3-10)19-15(9-18)11-4-7-13(16)14(17)8-11/h2-8,15,19H,9,18H2,1H3. The van der Waals surface area contributed by atoms with Crippen molar-refractivity contribution < 1.29 is 4.39 Å². The molecule has 0 heterocycles. The summed E-state index contributed by atoms with van der Waals surface area (Å²) in [4.78, 5) is 0. The quantitative estimate of drug-likeness (QED) is 0.892. The van der Waals surface area contributed by atoms with Crippen LogP contribution in [0.15, 0.2) is 46.9 Å². The van der Waals surface area contributed by atoms with E-state index in [2.05, 4.69) is 21.2 Å². The lowest BCUT2D eigenvalue weighted by Crippen LogP contribution is -2.20. The molecule has 19 heavy (non-hydrogen) atoms. The maximum Gasteiger partial charge on any atom is 0.137 e. The lowest BCUT2D eigenvalue weighted by molar-refractivity contribution is 0.615. The highest BCUT2D eigenvalue weighted by atomic mass is 79.9. The molecule has 0 saturated heterocycles. The Morgan fingerprint density at radius 1 is 1.21 bits per heavy atom. The molecule has 3 N–H and O–H groups in total. The van der Waals surface area contributed by atoms with Crippen molar-refractivity contribution in [3.05, 3.63) is 63.9 Å². The van der Waals surface area contributed by atoms with E-state index < -0.39 is 0 Å². The molecule has 4 heteroatoms. The molecule has 0 spiro atoms. The van der Waals surface area contributed by atoms with Crippen LogP contribution in [0.4, 0.5) is 10.1 Å². The average molecular weight is 323 g/mol. The van der Waals surface area contributed by atoms with Gasteiger partial charge in [0.2, 0.25) is 0 Å². The van der Waals surface area contributed by atoms with Gasteiger partial charge >= 0.3 is 0 Å². The summed E-state index contributed by atoms with van der Waals surface area (Å²) >= 11 is 3.15. The topological polar surface area (TPSA) is 38.0 Å². The first-order chi connectivity index (χ1) is 9.10. The normalized spacial score (nSPS) is 12.2. The fourth-order valence-corrected chi connectivity index (χ4v) is 2.11. The number of anilines is 1. The monoisotopic (exact) mass is 322 g/mol. The van der Waals surface area contributed by atoms with Gasteiger partial charge < -0.3 is 11.1 Å². The van der Waals surface area contributed by atoms with Crippen molar-refractivity contribution in [2.24, 2.45) is 5.73 Å². The number of benzene rings is 2. The largest absolute Gasteiger partial charge is 0.377 e. The Morgan fingerprint density at radius 2 is 1.89 bits per heavy atom. The Hall–Kier alpha value is -1.39. The third kappa shape index (κ3) is 3.55. The van der Waals surface area contributed by atoms with Crippen LogP contribution < -0.4 is 11.1 Å². The minimum absolute atomic E-state index is 0.106. The van der Waals surface area contributed by atoms with E-state index in [1.165, 1.54) is 11.6 Å². The zero-order chi connectivity index (χ0) is 13.8. The van der Waals surface area contributed by atoms with E-state index in [0.29, 0.717) is 11.0 Å². The predicted molar refractivity (Wildman–Crippen MR) is 80.7 cm³/mol. The molecule has 0 aliphatic rings. The van der Waals surface area contributed by atoms with E-state index in [0.717, 1.165) is 11.3 Å². The average Bonchev–Trinajstić information content (AvgIpc) is 2.41. The smallest absolute Gasteiger partial charge is 0.137 e. The van der Waals surface area contributed by atoms with Crippen LogP contribution in [-0.4, -0.2) is 6.54 Å². The lowest BCUT2D eigenvalue weighted by atomic mass is 10.1. The summed E-state index contributed by atoms with van der Waals surface area (Å²) in [6.07, 6.45) is 0. The summed E-state index contributed by atoms with van der Waals surface area (Å²) in [5.74, 6) is -0.276. The Balaban J connectivity index is 2.19. The molecule has 2 aromatic carbocycles. The highest BCUT2D eigenvalue weighted by Gasteiger charge is 2.11. The third-order valence-electron chi connectivity index (χ3n) is 2.97. The number of aryl methyl sites for hydroxylation is 1. The molecule has 2 aromatic rings. The van der Waals surface area contributed by atoms with Gasteiger partial charge in [-0.15, -0.1) is 0 Å². The second-order valence-electron chi connectivity index (χ2n) is 4.47. The minimum atomic E-state index is -0.276. The highest BCUT2D eigenvalue weighted by molar-refractivity contribution is 9.10. The maximum absolute atomic E-state index is 13.6. The van der Waals surface area contributed by atoms with Crippen molar-refractivity contribution in [1.29, 1.82) is 0 Å². The molecule has 0 amide bonds. The van der Waals surface area contributed by atoms with E-state index in [1.807, 2.05) is 37.3 Å². The van der Waals surface area contributed by atoms with Crippen LogP contribution in [0.5, 0.6) is 0 Å². The summed E-state index contributed by atoms with van der Waals surface area (Å²) < 4.78 is 14.0. The van der Waals surface area contributed by atoms with Gasteiger partial charge in [0, 0.05) is 12.2 Å². The van der Waals surface area contributed by atoms with Gasteiger partial charge in [0.15, 0.2) is 0 Å². The van der Waals surface area contributed by atoms with Crippen LogP contribution >= 0.6 is 15.9 Å². The first-order valence-corrected chi connectivity index (χ1v) is 6.87. The fourth-order valence-electron chi connectivity index (χ4n) is 1.86. The summed E-state index contributed by atoms with van der Waals surface area (Å²) in [7, 11) is 0. The lowest BCUT2D eigenvalue weighted by Gasteiger charge is -2.19. The summed E-state index contributed by atoms with van der Waals surface area (Å²) in [5.41, 5.74) is 8.79. The number of hydrogen-bond acceptors (Lipinski definition) is 2. The van der Waals surface area contributed by atoms with Crippen LogP contribution in [0.2, 0.25) is 0 Å². The van der Waals surface area contributed by atoms with E-state index >= 15 is 0 Å². The number of rotatable bonds is 4. The molecule has 0 fully saturated rings. The van der Waals surface area contributed by atoms with Crippen LogP contribution in [-0.2, 0) is 0 Å². The fraction of sp³-hybridized carbons (Fsp3) is 0.200. The molecule has 0 saturated carbocycles. The maximum atomic E-state index is 13.6. The Kier molecular flexibility index (Phi) is 4.56. The first-order valence-electron chi connectivity index (χ1n) is 6.08. The van der Waals surface area contributed by atoms with Gasteiger partial charge in [-0.05, 0) is 52.7 Å². The summed E-state index contributed by atoms with van der Waals surface area (Å²) in [6, 6.07) is 13.0. The number of halogens is 2. The predicted octanol–water partition coefficient (Wildman–Crippen LogP) is 4.01. The molecule has 2 rings (SSSR count). The number of nitrogens with two attached hydrogens (primary N) is 1. The number of hydrogen-bond donors (Lipinski definition) is 2. The van der Waals surface area contributed by atoms with Crippen molar-refractivity contribution in [2.75, 3.05) is 11.9 Å². The van der Waals surface area contributed by atoms with Crippen LogP contribution in [0, 0.1) is 12.7 Å². The van der Waals surface area contributed by atoms with Gasteiger partial charge in [0.1, 0.15) is 5.82 Å². The Morgan fingerprint density at radius 3 is 2.47 bits per heavy atom. The van der Waals surface area contributed by atoms with Crippen molar-refractivity contribution >= 4 is 21.6 Å². The molecule has 0 bridgehead atoms. The molecule has 0 aromatic heterocycles. The second kappa shape index (κ2) is 6.17. The molecule has 1 unspecified atom stereocenters.